The molecule has 0 atom stereocenters. The second-order valence-electron chi connectivity index (χ2n) is 5.00. The van der Waals surface area contributed by atoms with Gasteiger partial charge in [0.25, 0.3) is 0 Å². The summed E-state index contributed by atoms with van der Waals surface area (Å²) in [6, 6.07) is 9.23. The molecule has 0 aliphatic carbocycles. The van der Waals surface area contributed by atoms with Gasteiger partial charge in [-0.3, -0.25) is 4.79 Å². The fraction of sp³-hybridized carbons (Fsp3) is 0.316. The summed E-state index contributed by atoms with van der Waals surface area (Å²) in [5.74, 6) is 0.803. The number of carbonyl (C=O) groups is 1. The number of ether oxygens (including phenoxy) is 1. The van der Waals surface area contributed by atoms with Crippen molar-refractivity contribution in [2.75, 3.05) is 6.61 Å². The highest BCUT2D eigenvalue weighted by molar-refractivity contribution is 6.04. The van der Waals surface area contributed by atoms with Gasteiger partial charge in [-0.05, 0) is 33.3 Å². The molecule has 0 radical (unpaired) electrons. The van der Waals surface area contributed by atoms with Gasteiger partial charge in [0, 0.05) is 17.3 Å². The van der Waals surface area contributed by atoms with Crippen LogP contribution < -0.4 is 5.32 Å². The Labute approximate surface area is 133 Å². The molecule has 0 heterocycles. The lowest BCUT2D eigenvalue weighted by Crippen LogP contribution is -2.13. The Kier molecular flexibility index (Phi) is 7.76. The Morgan fingerprint density at radius 3 is 2.50 bits per heavy atom. The molecule has 1 N–H and O–H groups in total. The molecule has 1 rings (SSSR count). The number of nitrogens with one attached hydrogen (secondary N) is 1. The van der Waals surface area contributed by atoms with E-state index in [0.717, 1.165) is 23.6 Å². The number of benzene rings is 1. The smallest absolute Gasteiger partial charge is 0.187 e. The van der Waals surface area contributed by atoms with Crippen LogP contribution in [0.5, 0.6) is 0 Å². The molecular formula is C19H25NO2. The van der Waals surface area contributed by atoms with E-state index in [9.17, 15) is 4.79 Å². The van der Waals surface area contributed by atoms with Crippen molar-refractivity contribution in [3.8, 4) is 0 Å². The van der Waals surface area contributed by atoms with Gasteiger partial charge in [0.05, 0.1) is 12.3 Å². The van der Waals surface area contributed by atoms with E-state index < -0.39 is 0 Å². The molecule has 0 aliphatic heterocycles. The van der Waals surface area contributed by atoms with Crippen LogP contribution in [0.1, 0.15) is 44.5 Å². The van der Waals surface area contributed by atoms with E-state index in [2.05, 4.69) is 12.2 Å². The molecule has 3 heteroatoms. The van der Waals surface area contributed by atoms with Gasteiger partial charge in [-0.15, -0.1) is 0 Å². The van der Waals surface area contributed by atoms with Gasteiger partial charge in [0.2, 0.25) is 0 Å². The zero-order chi connectivity index (χ0) is 16.4. The average molecular weight is 299 g/mol. The minimum atomic E-state index is -0.0162. The highest BCUT2D eigenvalue weighted by Gasteiger charge is 2.05. The summed E-state index contributed by atoms with van der Waals surface area (Å²) in [7, 11) is 0. The summed E-state index contributed by atoms with van der Waals surface area (Å²) in [5.41, 5.74) is 2.33. The van der Waals surface area contributed by atoms with Gasteiger partial charge in [-0.2, -0.15) is 0 Å². The predicted octanol–water partition coefficient (Wildman–Crippen LogP) is 4.60. The molecule has 0 bridgehead atoms. The molecule has 1 aromatic carbocycles. The van der Waals surface area contributed by atoms with Gasteiger partial charge in [-0.25, -0.2) is 0 Å². The number of allylic oxidation sites excluding steroid dienone is 5. The van der Waals surface area contributed by atoms with Crippen LogP contribution in [0.25, 0.3) is 0 Å². The summed E-state index contributed by atoms with van der Waals surface area (Å²) in [6.45, 7) is 8.49. The van der Waals surface area contributed by atoms with Crippen molar-refractivity contribution >= 4 is 5.78 Å². The first-order valence-corrected chi connectivity index (χ1v) is 7.59. The van der Waals surface area contributed by atoms with Crippen LogP contribution in [-0.4, -0.2) is 12.4 Å². The average Bonchev–Trinajstić information content (AvgIpc) is 2.52. The first-order valence-electron chi connectivity index (χ1n) is 7.59. The molecule has 0 spiro atoms. The maximum Gasteiger partial charge on any atom is 0.187 e. The van der Waals surface area contributed by atoms with Crippen LogP contribution in [-0.2, 0) is 4.74 Å². The largest absolute Gasteiger partial charge is 0.496 e. The number of hydrogen-bond acceptors (Lipinski definition) is 3. The van der Waals surface area contributed by atoms with E-state index in [0.29, 0.717) is 12.2 Å². The summed E-state index contributed by atoms with van der Waals surface area (Å²) in [4.78, 5) is 12.2. The monoisotopic (exact) mass is 299 g/mol. The predicted molar refractivity (Wildman–Crippen MR) is 91.4 cm³/mol. The van der Waals surface area contributed by atoms with Gasteiger partial charge in [-0.1, -0.05) is 43.3 Å². The van der Waals surface area contributed by atoms with Gasteiger partial charge >= 0.3 is 0 Å². The van der Waals surface area contributed by atoms with Crippen LogP contribution >= 0.6 is 0 Å². The Balaban J connectivity index is 2.85. The standard InChI is InChI=1S/C19H25NO2/c1-5-10-18(16(4)22-13-6-2)20-15(3)14-19(21)17-11-8-7-9-12-17/h5,7-12,14,20H,6,13H2,1-4H3/b10-5-,15-14-,18-16-. The molecule has 22 heavy (non-hydrogen) atoms. The van der Waals surface area contributed by atoms with Crippen LogP contribution in [0.15, 0.2) is 65.7 Å². The van der Waals surface area contributed by atoms with E-state index in [-0.39, 0.29) is 5.78 Å². The van der Waals surface area contributed by atoms with Gasteiger partial charge in [0.15, 0.2) is 5.78 Å². The van der Waals surface area contributed by atoms with Crippen molar-refractivity contribution in [3.05, 3.63) is 71.3 Å². The lowest BCUT2D eigenvalue weighted by atomic mass is 10.1. The SMILES string of the molecule is C/C=C\C(N/C(C)=C\C(=O)c1ccccc1)=C(/C)OCCC. The molecule has 118 valence electrons. The zero-order valence-corrected chi connectivity index (χ0v) is 13.8. The molecule has 1 aromatic rings. The van der Waals surface area contributed by atoms with Crippen molar-refractivity contribution in [1.29, 1.82) is 0 Å². The van der Waals surface area contributed by atoms with E-state index >= 15 is 0 Å². The Morgan fingerprint density at radius 2 is 1.91 bits per heavy atom. The van der Waals surface area contributed by atoms with Crippen molar-refractivity contribution < 1.29 is 9.53 Å². The summed E-state index contributed by atoms with van der Waals surface area (Å²) < 4.78 is 5.65. The zero-order valence-electron chi connectivity index (χ0n) is 13.8. The van der Waals surface area contributed by atoms with Crippen LogP contribution in [0, 0.1) is 0 Å². The topological polar surface area (TPSA) is 38.3 Å². The second kappa shape index (κ2) is 9.61. The molecule has 0 saturated carbocycles. The molecule has 0 aromatic heterocycles. The fourth-order valence-corrected chi connectivity index (χ4v) is 1.88. The molecule has 0 saturated heterocycles. The molecule has 0 aliphatic rings. The highest BCUT2D eigenvalue weighted by Crippen LogP contribution is 2.09. The van der Waals surface area contributed by atoms with Crippen LogP contribution in [0.4, 0.5) is 0 Å². The van der Waals surface area contributed by atoms with Gasteiger partial charge < -0.3 is 10.1 Å². The van der Waals surface area contributed by atoms with Crippen molar-refractivity contribution in [2.24, 2.45) is 0 Å². The third kappa shape index (κ3) is 6.00. The third-order valence-electron chi connectivity index (χ3n) is 2.97. The summed E-state index contributed by atoms with van der Waals surface area (Å²) in [5, 5.41) is 3.24. The van der Waals surface area contributed by atoms with Crippen LogP contribution in [0.2, 0.25) is 0 Å². The Hall–Kier alpha value is -2.29. The Bertz CT molecular complexity index is 568. The molecule has 3 nitrogen and oxygen atoms in total. The van der Waals surface area contributed by atoms with Crippen LogP contribution in [0.3, 0.4) is 0 Å². The third-order valence-corrected chi connectivity index (χ3v) is 2.97. The lowest BCUT2D eigenvalue weighted by molar-refractivity contribution is 0.104. The molecule has 0 fully saturated rings. The number of hydrogen-bond donors (Lipinski definition) is 1. The van der Waals surface area contributed by atoms with E-state index in [1.807, 2.05) is 63.3 Å². The number of carbonyl (C=O) groups excluding carboxylic acids is 1. The number of rotatable bonds is 8. The van der Waals surface area contributed by atoms with E-state index in [4.69, 9.17) is 4.74 Å². The maximum absolute atomic E-state index is 12.2. The van der Waals surface area contributed by atoms with Gasteiger partial charge in [0.1, 0.15) is 5.76 Å². The summed E-state index contributed by atoms with van der Waals surface area (Å²) in [6.07, 6.45) is 6.44. The van der Waals surface area contributed by atoms with E-state index in [1.54, 1.807) is 6.08 Å². The van der Waals surface area contributed by atoms with Crippen molar-refractivity contribution in [1.82, 2.24) is 5.32 Å². The minimum absolute atomic E-state index is 0.0162. The minimum Gasteiger partial charge on any atom is -0.496 e. The first-order chi connectivity index (χ1) is 10.6. The molecule has 0 unspecified atom stereocenters. The fourth-order valence-electron chi connectivity index (χ4n) is 1.88. The maximum atomic E-state index is 12.2. The quantitative estimate of drug-likeness (QED) is 0.330. The molecule has 0 amide bonds. The number of ketones is 1. The normalized spacial score (nSPS) is 13.0. The Morgan fingerprint density at radius 1 is 1.23 bits per heavy atom. The molecular weight excluding hydrogens is 274 g/mol. The van der Waals surface area contributed by atoms with Crippen molar-refractivity contribution in [2.45, 2.75) is 34.1 Å². The first kappa shape index (κ1) is 17.8. The summed E-state index contributed by atoms with van der Waals surface area (Å²) >= 11 is 0. The van der Waals surface area contributed by atoms with Crippen molar-refractivity contribution in [3.63, 3.8) is 0 Å². The highest BCUT2D eigenvalue weighted by atomic mass is 16.5. The van der Waals surface area contributed by atoms with E-state index in [1.165, 1.54) is 0 Å². The second-order valence-corrected chi connectivity index (χ2v) is 5.00. The lowest BCUT2D eigenvalue weighted by Gasteiger charge is -2.13.